The number of methoxy groups -OCH3 is 1. The van der Waals surface area contributed by atoms with E-state index < -0.39 is 0 Å². The molecular weight excluding hydrogens is 148 g/mol. The van der Waals surface area contributed by atoms with Crippen molar-refractivity contribution in [2.75, 3.05) is 7.11 Å². The first kappa shape index (κ1) is 9.11. The minimum atomic E-state index is 0.904. The Morgan fingerprint density at radius 2 is 2.00 bits per heavy atom. The van der Waals surface area contributed by atoms with Crippen molar-refractivity contribution in [2.24, 2.45) is 0 Å². The lowest BCUT2D eigenvalue weighted by atomic mass is 10.1. The highest BCUT2D eigenvalue weighted by Gasteiger charge is 1.93. The van der Waals surface area contributed by atoms with Crippen molar-refractivity contribution in [2.45, 2.75) is 12.8 Å². The summed E-state index contributed by atoms with van der Waals surface area (Å²) in [6.07, 6.45) is 4.16. The van der Waals surface area contributed by atoms with Crippen molar-refractivity contribution in [3.63, 3.8) is 0 Å². The standard InChI is InChI=1S/C11H14O/c1-3-4-5-10-6-8-11(12-2)9-7-10/h5-9H,1,3-4H2,2H3. The van der Waals surface area contributed by atoms with Crippen LogP contribution in [0.25, 0.3) is 0 Å². The predicted octanol–water partition coefficient (Wildman–Crippen LogP) is 2.86. The molecule has 0 spiro atoms. The first-order valence-corrected chi connectivity index (χ1v) is 4.13. The quantitative estimate of drug-likeness (QED) is 0.661. The molecule has 0 saturated heterocycles. The predicted molar refractivity (Wildman–Crippen MR) is 51.0 cm³/mol. The molecule has 0 aliphatic rings. The molecule has 64 valence electrons. The highest BCUT2D eigenvalue weighted by Crippen LogP contribution is 2.13. The molecule has 0 saturated carbocycles. The van der Waals surface area contributed by atoms with Crippen molar-refractivity contribution >= 4 is 0 Å². The van der Waals surface area contributed by atoms with E-state index in [-0.39, 0.29) is 0 Å². The molecule has 1 aromatic carbocycles. The molecule has 0 heterocycles. The summed E-state index contributed by atoms with van der Waals surface area (Å²) in [5, 5.41) is 0. The van der Waals surface area contributed by atoms with Gasteiger partial charge in [0, 0.05) is 0 Å². The van der Waals surface area contributed by atoms with E-state index in [4.69, 9.17) is 4.74 Å². The number of benzene rings is 1. The van der Waals surface area contributed by atoms with E-state index in [1.54, 1.807) is 7.11 Å². The third-order valence-electron chi connectivity index (χ3n) is 1.70. The van der Waals surface area contributed by atoms with Crippen molar-refractivity contribution in [1.82, 2.24) is 0 Å². The molecule has 12 heavy (non-hydrogen) atoms. The monoisotopic (exact) mass is 162 g/mol. The number of rotatable bonds is 4. The van der Waals surface area contributed by atoms with E-state index in [0.717, 1.165) is 18.6 Å². The Kier molecular flexibility index (Phi) is 3.65. The van der Waals surface area contributed by atoms with Gasteiger partial charge in [-0.15, -0.1) is 0 Å². The molecule has 0 amide bonds. The lowest BCUT2D eigenvalue weighted by molar-refractivity contribution is 0.414. The molecule has 2 radical (unpaired) electrons. The Hall–Kier alpha value is -0.980. The zero-order chi connectivity index (χ0) is 8.81. The second-order valence-corrected chi connectivity index (χ2v) is 2.62. The van der Waals surface area contributed by atoms with Crippen LogP contribution in [0, 0.1) is 13.3 Å². The first-order valence-electron chi connectivity index (χ1n) is 4.13. The van der Waals surface area contributed by atoms with Crippen LogP contribution in [0.4, 0.5) is 0 Å². The molecular formula is C11H14O. The van der Waals surface area contributed by atoms with E-state index in [9.17, 15) is 0 Å². The fraction of sp³-hybridized carbons (Fsp3) is 0.273. The maximum atomic E-state index is 5.05. The fourth-order valence-electron chi connectivity index (χ4n) is 1.01. The minimum absolute atomic E-state index is 0.904. The van der Waals surface area contributed by atoms with Gasteiger partial charge in [0.2, 0.25) is 0 Å². The van der Waals surface area contributed by atoms with Gasteiger partial charge < -0.3 is 4.74 Å². The largest absolute Gasteiger partial charge is 0.497 e. The average molecular weight is 162 g/mol. The summed E-state index contributed by atoms with van der Waals surface area (Å²) in [6.45, 7) is 3.78. The van der Waals surface area contributed by atoms with Crippen molar-refractivity contribution in [3.8, 4) is 5.75 Å². The maximum Gasteiger partial charge on any atom is 0.118 e. The van der Waals surface area contributed by atoms with E-state index in [1.165, 1.54) is 5.56 Å². The summed E-state index contributed by atoms with van der Waals surface area (Å²) in [4.78, 5) is 0. The van der Waals surface area contributed by atoms with Gasteiger partial charge in [0.15, 0.2) is 0 Å². The zero-order valence-electron chi connectivity index (χ0n) is 7.42. The molecule has 1 heteroatoms. The third kappa shape index (κ3) is 2.57. The summed E-state index contributed by atoms with van der Waals surface area (Å²) in [5.41, 5.74) is 1.24. The molecule has 1 nitrogen and oxygen atoms in total. The van der Waals surface area contributed by atoms with E-state index in [0.29, 0.717) is 0 Å². The van der Waals surface area contributed by atoms with Gasteiger partial charge in [0.05, 0.1) is 7.11 Å². The molecule has 0 aromatic heterocycles. The van der Waals surface area contributed by atoms with Crippen LogP contribution in [0.2, 0.25) is 0 Å². The van der Waals surface area contributed by atoms with Gasteiger partial charge in [0.1, 0.15) is 5.75 Å². The van der Waals surface area contributed by atoms with Crippen LogP contribution in [0.3, 0.4) is 0 Å². The average Bonchev–Trinajstić information content (AvgIpc) is 2.15. The number of hydrogen-bond donors (Lipinski definition) is 0. The molecule has 0 bridgehead atoms. The summed E-state index contributed by atoms with van der Waals surface area (Å²) in [7, 11) is 1.68. The van der Waals surface area contributed by atoms with Crippen LogP contribution in [0.5, 0.6) is 5.75 Å². The van der Waals surface area contributed by atoms with Crippen molar-refractivity contribution in [1.29, 1.82) is 0 Å². The summed E-state index contributed by atoms with van der Waals surface area (Å²) in [5.74, 6) is 0.904. The smallest absolute Gasteiger partial charge is 0.118 e. The van der Waals surface area contributed by atoms with Gasteiger partial charge in [-0.3, -0.25) is 0 Å². The maximum absolute atomic E-state index is 5.05. The molecule has 0 aliphatic carbocycles. The topological polar surface area (TPSA) is 9.23 Å². The molecule has 0 N–H and O–H groups in total. The molecule has 0 unspecified atom stereocenters. The third-order valence-corrected chi connectivity index (χ3v) is 1.70. The Morgan fingerprint density at radius 1 is 1.33 bits per heavy atom. The number of hydrogen-bond acceptors (Lipinski definition) is 1. The zero-order valence-corrected chi connectivity index (χ0v) is 7.42. The lowest BCUT2D eigenvalue weighted by Crippen LogP contribution is -1.84. The van der Waals surface area contributed by atoms with E-state index in [2.05, 4.69) is 25.5 Å². The fourth-order valence-corrected chi connectivity index (χ4v) is 1.01. The van der Waals surface area contributed by atoms with Gasteiger partial charge in [-0.2, -0.15) is 0 Å². The van der Waals surface area contributed by atoms with Gasteiger partial charge in [-0.25, -0.2) is 0 Å². The molecule has 1 aromatic rings. The molecule has 0 aliphatic heterocycles. The van der Waals surface area contributed by atoms with Crippen LogP contribution in [0.1, 0.15) is 18.4 Å². The van der Waals surface area contributed by atoms with Gasteiger partial charge >= 0.3 is 0 Å². The van der Waals surface area contributed by atoms with E-state index in [1.807, 2.05) is 12.1 Å². The van der Waals surface area contributed by atoms with E-state index >= 15 is 0 Å². The van der Waals surface area contributed by atoms with Crippen molar-refractivity contribution < 1.29 is 4.74 Å². The lowest BCUT2D eigenvalue weighted by Gasteiger charge is -2.01. The molecule has 0 atom stereocenters. The van der Waals surface area contributed by atoms with Gasteiger partial charge in [-0.05, 0) is 30.5 Å². The Bertz CT molecular complexity index is 213. The second kappa shape index (κ2) is 4.81. The Morgan fingerprint density at radius 3 is 2.50 bits per heavy atom. The van der Waals surface area contributed by atoms with Crippen LogP contribution >= 0.6 is 0 Å². The Balaban J connectivity index is 2.53. The first-order chi connectivity index (χ1) is 5.86. The summed E-state index contributed by atoms with van der Waals surface area (Å²) >= 11 is 0. The van der Waals surface area contributed by atoms with Crippen LogP contribution < -0.4 is 4.74 Å². The normalized spacial score (nSPS) is 9.83. The summed E-state index contributed by atoms with van der Waals surface area (Å²) < 4.78 is 5.05. The van der Waals surface area contributed by atoms with Crippen LogP contribution in [-0.4, -0.2) is 7.11 Å². The number of unbranched alkanes of at least 4 members (excludes halogenated alkanes) is 1. The highest BCUT2D eigenvalue weighted by molar-refractivity contribution is 5.30. The molecule has 0 fully saturated rings. The molecule has 1 rings (SSSR count). The second-order valence-electron chi connectivity index (χ2n) is 2.62. The van der Waals surface area contributed by atoms with Gasteiger partial charge in [-0.1, -0.05) is 25.5 Å². The SMILES string of the molecule is [CH2]CC[CH]c1ccc(OC)cc1. The minimum Gasteiger partial charge on any atom is -0.497 e. The Labute approximate surface area is 74.4 Å². The highest BCUT2D eigenvalue weighted by atomic mass is 16.5. The van der Waals surface area contributed by atoms with Gasteiger partial charge in [0.25, 0.3) is 0 Å². The van der Waals surface area contributed by atoms with Crippen LogP contribution in [-0.2, 0) is 0 Å². The van der Waals surface area contributed by atoms with Crippen molar-refractivity contribution in [3.05, 3.63) is 43.2 Å². The van der Waals surface area contributed by atoms with Crippen LogP contribution in [0.15, 0.2) is 24.3 Å². The number of ether oxygens (including phenoxy) is 1. The summed E-state index contributed by atoms with van der Waals surface area (Å²) in [6, 6.07) is 8.03.